The normalized spacial score (nSPS) is 14.3. The zero-order chi connectivity index (χ0) is 20.6. The Bertz CT molecular complexity index is 1200. The van der Waals surface area contributed by atoms with E-state index in [4.69, 9.17) is 16.3 Å². The summed E-state index contributed by atoms with van der Waals surface area (Å²) in [5.74, 6) is 0.0532. The lowest BCUT2D eigenvalue weighted by Crippen LogP contribution is -2.29. The van der Waals surface area contributed by atoms with E-state index in [-0.39, 0.29) is 26.3 Å². The third-order valence-corrected chi connectivity index (χ3v) is 7.20. The van der Waals surface area contributed by atoms with Crippen LogP contribution in [0.1, 0.15) is 23.2 Å². The first kappa shape index (κ1) is 19.7. The maximum Gasteiger partial charge on any atom is 0.256 e. The number of halogens is 1. The number of sulfone groups is 1. The van der Waals surface area contributed by atoms with Crippen molar-refractivity contribution < 1.29 is 17.9 Å². The molecule has 2 aromatic carbocycles. The van der Waals surface area contributed by atoms with Crippen LogP contribution in [0.5, 0.6) is 5.75 Å². The lowest BCUT2D eigenvalue weighted by molar-refractivity contribution is 0.0789. The number of rotatable bonds is 4. The molecule has 1 aliphatic rings. The molecule has 1 aromatic heterocycles. The summed E-state index contributed by atoms with van der Waals surface area (Å²) >= 11 is 6.17. The lowest BCUT2D eigenvalue weighted by Gasteiger charge is -2.19. The van der Waals surface area contributed by atoms with Gasteiger partial charge in [-0.15, -0.1) is 0 Å². The molecule has 0 bridgehead atoms. The minimum Gasteiger partial charge on any atom is -0.495 e. The van der Waals surface area contributed by atoms with Crippen LogP contribution in [-0.4, -0.2) is 44.4 Å². The van der Waals surface area contributed by atoms with Gasteiger partial charge in [0, 0.05) is 24.7 Å². The van der Waals surface area contributed by atoms with Gasteiger partial charge in [0.2, 0.25) is 9.84 Å². The molecule has 4 rings (SSSR count). The van der Waals surface area contributed by atoms with Gasteiger partial charge in [0.1, 0.15) is 5.75 Å². The Hall–Kier alpha value is -2.64. The van der Waals surface area contributed by atoms with Gasteiger partial charge in [0.25, 0.3) is 5.91 Å². The van der Waals surface area contributed by atoms with Crippen molar-refractivity contribution in [2.24, 2.45) is 0 Å². The van der Waals surface area contributed by atoms with Crippen LogP contribution < -0.4 is 4.74 Å². The van der Waals surface area contributed by atoms with Crippen LogP contribution >= 0.6 is 11.6 Å². The molecule has 0 unspecified atom stereocenters. The van der Waals surface area contributed by atoms with Crippen molar-refractivity contribution in [1.82, 2.24) is 9.88 Å². The molecule has 6 nitrogen and oxygen atoms in total. The number of amides is 1. The van der Waals surface area contributed by atoms with Crippen LogP contribution in [0.3, 0.4) is 0 Å². The van der Waals surface area contributed by atoms with Crippen molar-refractivity contribution in [1.29, 1.82) is 0 Å². The molecule has 8 heteroatoms. The molecule has 3 aromatic rings. The van der Waals surface area contributed by atoms with Crippen LogP contribution in [0, 0.1) is 0 Å². The molecule has 2 heterocycles. The molecular weight excluding hydrogens is 412 g/mol. The SMILES string of the molecule is COc1ccc(S(=O)(=O)c2c(C(=O)N3CCCC3)cnc3ccccc23)cc1Cl. The standard InChI is InChI=1S/C21H19ClN2O4S/c1-28-19-9-8-14(12-17(19)22)29(26,27)20-15-6-2-3-7-18(15)23-13-16(20)21(25)24-10-4-5-11-24/h2-3,6-9,12-13H,4-5,10-11H2,1H3. The summed E-state index contributed by atoms with van der Waals surface area (Å²) in [5.41, 5.74) is 0.584. The second-order valence-corrected chi connectivity index (χ2v) is 9.11. The summed E-state index contributed by atoms with van der Waals surface area (Å²) in [5, 5.41) is 0.587. The van der Waals surface area contributed by atoms with Crippen molar-refractivity contribution in [2.75, 3.05) is 20.2 Å². The van der Waals surface area contributed by atoms with Crippen molar-refractivity contribution in [3.8, 4) is 5.75 Å². The number of para-hydroxylation sites is 1. The fraction of sp³-hybridized carbons (Fsp3) is 0.238. The minimum absolute atomic E-state index is 0.00451. The molecule has 150 valence electrons. The van der Waals surface area contributed by atoms with E-state index >= 15 is 0 Å². The first-order valence-electron chi connectivity index (χ1n) is 9.19. The maximum atomic E-state index is 13.6. The highest BCUT2D eigenvalue weighted by Crippen LogP contribution is 2.34. The average Bonchev–Trinajstić information content (AvgIpc) is 3.27. The number of hydrogen-bond acceptors (Lipinski definition) is 5. The number of aromatic nitrogens is 1. The molecule has 1 fully saturated rings. The van der Waals surface area contributed by atoms with Gasteiger partial charge < -0.3 is 9.64 Å². The van der Waals surface area contributed by atoms with Gasteiger partial charge in [-0.05, 0) is 37.1 Å². The zero-order valence-electron chi connectivity index (χ0n) is 15.8. The second-order valence-electron chi connectivity index (χ2n) is 6.82. The highest BCUT2D eigenvalue weighted by Gasteiger charge is 2.31. The van der Waals surface area contributed by atoms with Crippen molar-refractivity contribution >= 4 is 38.2 Å². The fourth-order valence-electron chi connectivity index (χ4n) is 3.58. The average molecular weight is 431 g/mol. The number of methoxy groups -OCH3 is 1. The minimum atomic E-state index is -4.05. The summed E-state index contributed by atoms with van der Waals surface area (Å²) in [6.07, 6.45) is 3.17. The van der Waals surface area contributed by atoms with Gasteiger partial charge >= 0.3 is 0 Å². The molecule has 1 aliphatic heterocycles. The summed E-state index contributed by atoms with van der Waals surface area (Å²) in [7, 11) is -2.59. The molecule has 0 aliphatic carbocycles. The number of benzene rings is 2. The smallest absolute Gasteiger partial charge is 0.256 e. The number of pyridine rings is 1. The van der Waals surface area contributed by atoms with Gasteiger partial charge in [0.15, 0.2) is 0 Å². The van der Waals surface area contributed by atoms with E-state index in [1.807, 2.05) is 0 Å². The van der Waals surface area contributed by atoms with E-state index in [9.17, 15) is 13.2 Å². The van der Waals surface area contributed by atoms with E-state index in [0.29, 0.717) is 29.7 Å². The quantitative estimate of drug-likeness (QED) is 0.626. The number of fused-ring (bicyclic) bond motifs is 1. The van der Waals surface area contributed by atoms with Gasteiger partial charge in [-0.2, -0.15) is 0 Å². The fourth-order valence-corrected chi connectivity index (χ4v) is 5.55. The van der Waals surface area contributed by atoms with E-state index in [2.05, 4.69) is 4.98 Å². The largest absolute Gasteiger partial charge is 0.495 e. The third kappa shape index (κ3) is 3.45. The Labute approximate surface area is 174 Å². The second kappa shape index (κ2) is 7.65. The summed E-state index contributed by atoms with van der Waals surface area (Å²) in [6, 6.07) is 11.2. The topological polar surface area (TPSA) is 76.6 Å². The van der Waals surface area contributed by atoms with Crippen LogP contribution in [-0.2, 0) is 9.84 Å². The summed E-state index contributed by atoms with van der Waals surface area (Å²) in [4.78, 5) is 19.1. The highest BCUT2D eigenvalue weighted by molar-refractivity contribution is 7.91. The van der Waals surface area contributed by atoms with Crippen LogP contribution in [0.25, 0.3) is 10.9 Å². The number of hydrogen-bond donors (Lipinski definition) is 0. The molecule has 29 heavy (non-hydrogen) atoms. The Morgan fingerprint density at radius 3 is 2.55 bits per heavy atom. The molecule has 0 radical (unpaired) electrons. The van der Waals surface area contributed by atoms with Crippen LogP contribution in [0.2, 0.25) is 5.02 Å². The van der Waals surface area contributed by atoms with E-state index in [0.717, 1.165) is 12.8 Å². The lowest BCUT2D eigenvalue weighted by atomic mass is 10.1. The van der Waals surface area contributed by atoms with Crippen LogP contribution in [0.15, 0.2) is 58.5 Å². The molecule has 1 saturated heterocycles. The van der Waals surface area contributed by atoms with Crippen molar-refractivity contribution in [2.45, 2.75) is 22.6 Å². The number of ether oxygens (including phenoxy) is 1. The monoisotopic (exact) mass is 430 g/mol. The molecule has 0 atom stereocenters. The summed E-state index contributed by atoms with van der Waals surface area (Å²) in [6.45, 7) is 1.22. The molecule has 0 spiro atoms. The number of carbonyl (C=O) groups is 1. The number of likely N-dealkylation sites (tertiary alicyclic amines) is 1. The van der Waals surface area contributed by atoms with Crippen molar-refractivity contribution in [3.05, 3.63) is 59.2 Å². The summed E-state index contributed by atoms with van der Waals surface area (Å²) < 4.78 is 32.4. The number of carbonyl (C=O) groups excluding carboxylic acids is 1. The van der Waals surface area contributed by atoms with Gasteiger partial charge in [-0.25, -0.2) is 8.42 Å². The van der Waals surface area contributed by atoms with Gasteiger partial charge in [-0.3, -0.25) is 9.78 Å². The maximum absolute atomic E-state index is 13.6. The number of nitrogens with zero attached hydrogens (tertiary/aromatic N) is 2. The zero-order valence-corrected chi connectivity index (χ0v) is 17.3. The Balaban J connectivity index is 1.96. The Kier molecular flexibility index (Phi) is 5.19. The predicted molar refractivity (Wildman–Crippen MR) is 110 cm³/mol. The molecular formula is C21H19ClN2O4S. The highest BCUT2D eigenvalue weighted by atomic mass is 35.5. The van der Waals surface area contributed by atoms with E-state index in [1.165, 1.54) is 31.5 Å². The van der Waals surface area contributed by atoms with Gasteiger partial charge in [0.05, 0.1) is 33.0 Å². The Morgan fingerprint density at radius 2 is 1.86 bits per heavy atom. The molecule has 1 amide bonds. The molecule has 0 saturated carbocycles. The first-order valence-corrected chi connectivity index (χ1v) is 11.1. The van der Waals surface area contributed by atoms with E-state index < -0.39 is 9.84 Å². The predicted octanol–water partition coefficient (Wildman–Crippen LogP) is 3.97. The van der Waals surface area contributed by atoms with Gasteiger partial charge in [-0.1, -0.05) is 29.8 Å². The van der Waals surface area contributed by atoms with Crippen LogP contribution in [0.4, 0.5) is 0 Å². The van der Waals surface area contributed by atoms with E-state index in [1.54, 1.807) is 29.2 Å². The third-order valence-electron chi connectivity index (χ3n) is 5.05. The first-order chi connectivity index (χ1) is 13.9. The Morgan fingerprint density at radius 1 is 1.14 bits per heavy atom. The molecule has 0 N–H and O–H groups in total. The van der Waals surface area contributed by atoms with Crippen molar-refractivity contribution in [3.63, 3.8) is 0 Å².